The van der Waals surface area contributed by atoms with E-state index in [1.807, 2.05) is 24.4 Å². The van der Waals surface area contributed by atoms with Gasteiger partial charge < -0.3 is 4.98 Å². The lowest BCUT2D eigenvalue weighted by molar-refractivity contribution is 1.11. The van der Waals surface area contributed by atoms with E-state index < -0.39 is 0 Å². The van der Waals surface area contributed by atoms with Crippen LogP contribution in [0.15, 0.2) is 55.5 Å². The van der Waals surface area contributed by atoms with Gasteiger partial charge >= 0.3 is 0 Å². The predicted molar refractivity (Wildman–Crippen MR) is 90.0 cm³/mol. The zero-order chi connectivity index (χ0) is 15.9. The lowest BCUT2D eigenvalue weighted by atomic mass is 10.1. The first-order valence-electron chi connectivity index (χ1n) is 7.41. The highest BCUT2D eigenvalue weighted by molar-refractivity contribution is 5.96. The van der Waals surface area contributed by atoms with Crippen molar-refractivity contribution >= 4 is 21.8 Å². The number of H-pyrrole nitrogens is 2. The number of rotatable bonds is 2. The Kier molecular flexibility index (Phi) is 2.66. The molecule has 24 heavy (non-hydrogen) atoms. The van der Waals surface area contributed by atoms with Crippen molar-refractivity contribution in [3.05, 3.63) is 55.5 Å². The van der Waals surface area contributed by atoms with Crippen LogP contribution in [0.2, 0.25) is 0 Å². The molecule has 0 unspecified atom stereocenters. The van der Waals surface area contributed by atoms with Crippen molar-refractivity contribution < 1.29 is 0 Å². The molecule has 7 nitrogen and oxygen atoms in total. The summed E-state index contributed by atoms with van der Waals surface area (Å²) in [7, 11) is 0. The van der Waals surface area contributed by atoms with Crippen molar-refractivity contribution in [2.45, 2.75) is 0 Å². The summed E-state index contributed by atoms with van der Waals surface area (Å²) in [5.74, 6) is 0. The first kappa shape index (κ1) is 12.9. The minimum Gasteiger partial charge on any atom is -0.353 e. The molecule has 0 spiro atoms. The van der Waals surface area contributed by atoms with Crippen molar-refractivity contribution in [3.63, 3.8) is 0 Å². The van der Waals surface area contributed by atoms with Gasteiger partial charge in [-0.3, -0.25) is 15.1 Å². The number of pyridine rings is 2. The van der Waals surface area contributed by atoms with Crippen LogP contribution in [0.3, 0.4) is 0 Å². The minimum absolute atomic E-state index is 0.809. The second-order valence-corrected chi connectivity index (χ2v) is 5.46. The van der Waals surface area contributed by atoms with E-state index in [1.165, 1.54) is 6.33 Å². The zero-order valence-corrected chi connectivity index (χ0v) is 12.4. The van der Waals surface area contributed by atoms with E-state index in [0.717, 1.165) is 44.5 Å². The smallest absolute Gasteiger partial charge is 0.116 e. The van der Waals surface area contributed by atoms with E-state index in [1.54, 1.807) is 24.8 Å². The van der Waals surface area contributed by atoms with Crippen molar-refractivity contribution in [3.8, 4) is 22.6 Å². The molecular formula is C17H11N7. The Morgan fingerprint density at radius 2 is 1.79 bits per heavy atom. The fourth-order valence-electron chi connectivity index (χ4n) is 2.81. The van der Waals surface area contributed by atoms with Crippen LogP contribution >= 0.6 is 0 Å². The van der Waals surface area contributed by atoms with Crippen LogP contribution < -0.4 is 0 Å². The lowest BCUT2D eigenvalue weighted by Gasteiger charge is -2.00. The fraction of sp³-hybridized carbons (Fsp3) is 0. The molecule has 5 heterocycles. The van der Waals surface area contributed by atoms with Gasteiger partial charge in [-0.05, 0) is 18.2 Å². The Bertz CT molecular complexity index is 1120. The van der Waals surface area contributed by atoms with Crippen molar-refractivity contribution in [2.75, 3.05) is 0 Å². The quantitative estimate of drug-likeness (QED) is 0.522. The van der Waals surface area contributed by atoms with E-state index in [4.69, 9.17) is 0 Å². The first-order chi connectivity index (χ1) is 11.9. The average molecular weight is 313 g/mol. The van der Waals surface area contributed by atoms with Crippen LogP contribution in [0.4, 0.5) is 0 Å². The molecule has 0 aliphatic rings. The van der Waals surface area contributed by atoms with Crippen LogP contribution in [-0.4, -0.2) is 35.1 Å². The van der Waals surface area contributed by atoms with Crippen molar-refractivity contribution in [1.82, 2.24) is 35.1 Å². The number of fused-ring (bicyclic) bond motifs is 2. The molecule has 114 valence electrons. The first-order valence-corrected chi connectivity index (χ1v) is 7.41. The number of hydrogen-bond donors (Lipinski definition) is 2. The van der Waals surface area contributed by atoms with Crippen molar-refractivity contribution in [1.29, 1.82) is 0 Å². The molecule has 0 bridgehead atoms. The summed E-state index contributed by atoms with van der Waals surface area (Å²) < 4.78 is 0. The van der Waals surface area contributed by atoms with Gasteiger partial charge in [0.1, 0.15) is 12.0 Å². The maximum absolute atomic E-state index is 4.46. The molecule has 0 aliphatic carbocycles. The number of aromatic nitrogens is 7. The van der Waals surface area contributed by atoms with Gasteiger partial charge in [0.2, 0.25) is 0 Å². The molecule has 5 rings (SSSR count). The van der Waals surface area contributed by atoms with E-state index >= 15 is 0 Å². The second kappa shape index (κ2) is 4.95. The molecule has 0 aliphatic heterocycles. The van der Waals surface area contributed by atoms with Crippen LogP contribution in [0.1, 0.15) is 0 Å². The third-order valence-corrected chi connectivity index (χ3v) is 3.98. The third kappa shape index (κ3) is 1.95. The standard InChI is InChI=1S/C17H11N7/c1-2-18-5-10-3-15(22-13(1)10)17-12-4-14(11-6-19-9-20-7-11)21-8-16(12)23-24-17/h1-9,22H,(H,23,24). The highest BCUT2D eigenvalue weighted by Crippen LogP contribution is 2.30. The van der Waals surface area contributed by atoms with Crippen molar-refractivity contribution in [2.24, 2.45) is 0 Å². The molecular weight excluding hydrogens is 302 g/mol. The number of nitrogens with one attached hydrogen (secondary N) is 2. The van der Waals surface area contributed by atoms with E-state index in [-0.39, 0.29) is 0 Å². The molecule has 0 amide bonds. The van der Waals surface area contributed by atoms with Gasteiger partial charge in [0.25, 0.3) is 0 Å². The SMILES string of the molecule is c1cc2[nH]c(-c3n[nH]c4cnc(-c5cncnc5)cc34)cc2cn1. The Hall–Kier alpha value is -3.61. The summed E-state index contributed by atoms with van der Waals surface area (Å²) in [6.45, 7) is 0. The normalized spacial score (nSPS) is 11.3. The number of hydrogen-bond acceptors (Lipinski definition) is 5. The van der Waals surface area contributed by atoms with E-state index in [0.29, 0.717) is 0 Å². The van der Waals surface area contributed by atoms with Gasteiger partial charge in [0.15, 0.2) is 0 Å². The highest BCUT2D eigenvalue weighted by atomic mass is 15.1. The molecule has 0 radical (unpaired) electrons. The van der Waals surface area contributed by atoms with Crippen LogP contribution in [0.5, 0.6) is 0 Å². The average Bonchev–Trinajstić information content (AvgIpc) is 3.25. The van der Waals surface area contributed by atoms with Gasteiger partial charge in [0, 0.05) is 46.6 Å². The summed E-state index contributed by atoms with van der Waals surface area (Å²) in [4.78, 5) is 20.1. The summed E-state index contributed by atoms with van der Waals surface area (Å²) in [6.07, 6.45) is 10.4. The van der Waals surface area contributed by atoms with Crippen LogP contribution in [0, 0.1) is 0 Å². The summed E-state index contributed by atoms with van der Waals surface area (Å²) in [5.41, 5.74) is 5.37. The fourth-order valence-corrected chi connectivity index (χ4v) is 2.81. The summed E-state index contributed by atoms with van der Waals surface area (Å²) in [5, 5.41) is 9.52. The molecule has 5 aromatic heterocycles. The topological polar surface area (TPSA) is 96.0 Å². The Morgan fingerprint density at radius 3 is 2.67 bits per heavy atom. The largest absolute Gasteiger partial charge is 0.353 e. The Balaban J connectivity index is 1.71. The second-order valence-electron chi connectivity index (χ2n) is 5.46. The van der Waals surface area contributed by atoms with E-state index in [9.17, 15) is 0 Å². The number of nitrogens with zero attached hydrogens (tertiary/aromatic N) is 5. The zero-order valence-electron chi connectivity index (χ0n) is 12.4. The molecule has 0 saturated carbocycles. The van der Waals surface area contributed by atoms with E-state index in [2.05, 4.69) is 35.1 Å². The molecule has 0 atom stereocenters. The predicted octanol–water partition coefficient (Wildman–Crippen LogP) is 2.96. The van der Waals surface area contributed by atoms with Crippen LogP contribution in [0.25, 0.3) is 44.5 Å². The van der Waals surface area contributed by atoms with Gasteiger partial charge in [-0.1, -0.05) is 0 Å². The highest BCUT2D eigenvalue weighted by Gasteiger charge is 2.13. The molecule has 7 heteroatoms. The molecule has 0 fully saturated rings. The monoisotopic (exact) mass is 313 g/mol. The molecule has 0 saturated heterocycles. The van der Waals surface area contributed by atoms with Gasteiger partial charge in [-0.15, -0.1) is 0 Å². The number of aromatic amines is 2. The summed E-state index contributed by atoms with van der Waals surface area (Å²) in [6, 6.07) is 5.99. The Morgan fingerprint density at radius 1 is 0.875 bits per heavy atom. The lowest BCUT2D eigenvalue weighted by Crippen LogP contribution is -1.86. The van der Waals surface area contributed by atoms with Gasteiger partial charge in [-0.2, -0.15) is 5.10 Å². The molecule has 5 aromatic rings. The van der Waals surface area contributed by atoms with Gasteiger partial charge in [-0.25, -0.2) is 9.97 Å². The third-order valence-electron chi connectivity index (χ3n) is 3.98. The molecule has 0 aromatic carbocycles. The minimum atomic E-state index is 0.809. The maximum Gasteiger partial charge on any atom is 0.116 e. The molecule has 2 N–H and O–H groups in total. The van der Waals surface area contributed by atoms with Crippen LogP contribution in [-0.2, 0) is 0 Å². The maximum atomic E-state index is 4.46. The Labute approximate surface area is 135 Å². The summed E-state index contributed by atoms with van der Waals surface area (Å²) >= 11 is 0. The van der Waals surface area contributed by atoms with Gasteiger partial charge in [0.05, 0.1) is 23.1 Å².